The van der Waals surface area contributed by atoms with E-state index in [0.717, 1.165) is 0 Å². The zero-order valence-electron chi connectivity index (χ0n) is 19.9. The van der Waals surface area contributed by atoms with Crippen LogP contribution >= 0.6 is 46.4 Å². The normalized spacial score (nSPS) is 9.68. The van der Waals surface area contributed by atoms with Crippen LogP contribution in [0.5, 0.6) is 0 Å². The molecule has 5 amide bonds. The lowest BCUT2D eigenvalue weighted by molar-refractivity contribution is 0.0996. The van der Waals surface area contributed by atoms with Crippen molar-refractivity contribution >= 4 is 70.2 Å². The van der Waals surface area contributed by atoms with E-state index in [2.05, 4.69) is 41.5 Å². The molecule has 37 heavy (non-hydrogen) atoms. The summed E-state index contributed by atoms with van der Waals surface area (Å²) in [4.78, 5) is 59.0. The molecule has 0 saturated carbocycles. The summed E-state index contributed by atoms with van der Waals surface area (Å²) < 4.78 is 0. The zero-order valence-corrected chi connectivity index (χ0v) is 23.0. The lowest BCUT2D eigenvalue weighted by Crippen LogP contribution is -2.38. The second-order valence-electron chi connectivity index (χ2n) is 6.13. The molecule has 0 saturated heterocycles. The van der Waals surface area contributed by atoms with Crippen molar-refractivity contribution in [3.63, 3.8) is 0 Å². The van der Waals surface area contributed by atoms with Crippen molar-refractivity contribution in [2.45, 2.75) is 0 Å². The van der Waals surface area contributed by atoms with E-state index in [1.165, 1.54) is 11.3 Å². The molecule has 1 aromatic rings. The van der Waals surface area contributed by atoms with Crippen LogP contribution in [0.3, 0.4) is 0 Å². The Morgan fingerprint density at radius 2 is 1.38 bits per heavy atom. The molecule has 5 N–H and O–H groups in total. The van der Waals surface area contributed by atoms with Gasteiger partial charge in [0.25, 0.3) is 5.91 Å². The quantitative estimate of drug-likeness (QED) is 0.113. The third-order valence-electron chi connectivity index (χ3n) is 3.18. The number of hydrogen-bond acceptors (Lipinski definition) is 10. The number of nitrogens with zero attached hydrogens (tertiary/aromatic N) is 8. The van der Waals surface area contributed by atoms with Crippen LogP contribution in [0.1, 0.15) is 10.5 Å². The summed E-state index contributed by atoms with van der Waals surface area (Å²) in [6.45, 7) is 0.793. The molecule has 0 bridgehead atoms. The second-order valence-corrected chi connectivity index (χ2v) is 7.64. The van der Waals surface area contributed by atoms with E-state index in [4.69, 9.17) is 52.1 Å². The van der Waals surface area contributed by atoms with Crippen molar-refractivity contribution in [2.75, 3.05) is 63.8 Å². The Morgan fingerprint density at radius 1 is 0.919 bits per heavy atom. The van der Waals surface area contributed by atoms with Crippen LogP contribution < -0.4 is 16.4 Å². The molecule has 210 valence electrons. The molecule has 0 aliphatic heterocycles. The van der Waals surface area contributed by atoms with Gasteiger partial charge in [0.15, 0.2) is 5.69 Å². The maximum atomic E-state index is 10.9. The molecule has 0 fully saturated rings. The van der Waals surface area contributed by atoms with Gasteiger partial charge in [0, 0.05) is 50.7 Å². The van der Waals surface area contributed by atoms with Crippen molar-refractivity contribution in [3.05, 3.63) is 21.8 Å². The van der Waals surface area contributed by atoms with E-state index < -0.39 is 18.0 Å². The number of amides is 5. The number of H-pyrrole nitrogens is 1. The summed E-state index contributed by atoms with van der Waals surface area (Å²) >= 11 is 21.2. The monoisotopic (exact) mass is 608 g/mol. The first kappa shape index (κ1) is 36.1. The number of nitroso groups, excluding NO2 is 2. The lowest BCUT2D eigenvalue weighted by atomic mass is 10.4. The summed E-state index contributed by atoms with van der Waals surface area (Å²) in [5, 5.41) is 20.0. The molecular weight excluding hydrogens is 582 g/mol. The number of aromatic nitrogens is 2. The highest BCUT2D eigenvalue weighted by molar-refractivity contribution is 6.18. The van der Waals surface area contributed by atoms with Crippen LogP contribution in [0.25, 0.3) is 0 Å². The maximum Gasteiger partial charge on any atom is 0.340 e. The molecule has 1 aromatic heterocycles. The predicted octanol–water partition coefficient (Wildman–Crippen LogP) is 2.38. The molecule has 0 spiro atoms. The molecule has 0 aliphatic rings. The predicted molar refractivity (Wildman–Crippen MR) is 140 cm³/mol. The average molecular weight is 610 g/mol. The van der Waals surface area contributed by atoms with Gasteiger partial charge in [0.1, 0.15) is 0 Å². The second kappa shape index (κ2) is 23.4. The first-order chi connectivity index (χ1) is 17.6. The molecule has 0 atom stereocenters. The van der Waals surface area contributed by atoms with Crippen molar-refractivity contribution in [1.29, 1.82) is 0 Å². The first-order valence-electron chi connectivity index (χ1n) is 10.1. The minimum absolute atomic E-state index is 0.0964. The van der Waals surface area contributed by atoms with Gasteiger partial charge in [-0.3, -0.25) is 9.80 Å². The Hall–Kier alpha value is -3.02. The SMILES string of the molecule is CN(C)N=Nc1nc[nH]c1C(N)=O.O=NN(CCCl)C(=O)NCCCl.O=NN(CCCl)C(=O)NCCCl. The smallest absolute Gasteiger partial charge is 0.340 e. The number of nitrogens with one attached hydrogen (secondary N) is 3. The Labute approximate surface area is 232 Å². The average Bonchev–Trinajstić information content (AvgIpc) is 3.36. The third kappa shape index (κ3) is 18.0. The number of rotatable bonds is 13. The van der Waals surface area contributed by atoms with Gasteiger partial charge in [0.2, 0.25) is 5.82 Å². The fourth-order valence-electron chi connectivity index (χ4n) is 1.69. The number of primary amides is 1. The van der Waals surface area contributed by atoms with E-state index in [0.29, 0.717) is 34.9 Å². The number of urea groups is 2. The van der Waals surface area contributed by atoms with Crippen LogP contribution in [0.4, 0.5) is 15.4 Å². The molecule has 1 rings (SSSR count). The molecule has 17 nitrogen and oxygen atoms in total. The van der Waals surface area contributed by atoms with Crippen molar-refractivity contribution in [1.82, 2.24) is 35.6 Å². The highest BCUT2D eigenvalue weighted by Gasteiger charge is 2.12. The van der Waals surface area contributed by atoms with Gasteiger partial charge in [0.05, 0.1) is 30.0 Å². The van der Waals surface area contributed by atoms with Crippen LogP contribution in [0, 0.1) is 9.81 Å². The molecule has 0 radical (unpaired) electrons. The Morgan fingerprint density at radius 3 is 1.70 bits per heavy atom. The minimum Gasteiger partial charge on any atom is -0.364 e. The summed E-state index contributed by atoms with van der Waals surface area (Å²) in [5.41, 5.74) is 5.20. The van der Waals surface area contributed by atoms with Crippen LogP contribution in [-0.4, -0.2) is 107 Å². The Bertz CT molecular complexity index is 811. The van der Waals surface area contributed by atoms with E-state index in [1.807, 2.05) is 0 Å². The fourth-order valence-corrected chi connectivity index (χ4v) is 2.20. The highest BCUT2D eigenvalue weighted by Crippen LogP contribution is 2.12. The van der Waals surface area contributed by atoms with E-state index in [9.17, 15) is 24.2 Å². The van der Waals surface area contributed by atoms with Crippen LogP contribution in [-0.2, 0) is 0 Å². The molecular formula is C16H28Cl4N12O5. The van der Waals surface area contributed by atoms with Crippen molar-refractivity contribution in [3.8, 4) is 0 Å². The number of nitrogens with two attached hydrogens (primary N) is 1. The number of carbonyl (C=O) groups is 3. The summed E-state index contributed by atoms with van der Waals surface area (Å²) in [7, 11) is 3.42. The third-order valence-corrected chi connectivity index (χ3v) is 3.90. The van der Waals surface area contributed by atoms with Gasteiger partial charge in [-0.05, 0) is 0 Å². The lowest BCUT2D eigenvalue weighted by Gasteiger charge is -2.11. The van der Waals surface area contributed by atoms with Gasteiger partial charge < -0.3 is 21.4 Å². The summed E-state index contributed by atoms with van der Waals surface area (Å²) in [5.74, 6) is 0.505. The summed E-state index contributed by atoms with van der Waals surface area (Å²) in [6, 6.07) is -1.16. The largest absolute Gasteiger partial charge is 0.364 e. The van der Waals surface area contributed by atoms with Crippen LogP contribution in [0.15, 0.2) is 27.2 Å². The number of carbonyl (C=O) groups excluding carboxylic acids is 3. The van der Waals surface area contributed by atoms with Crippen molar-refractivity contribution < 1.29 is 14.4 Å². The standard InChI is InChI=1S/C6H10N6O.2C5H9Cl2N3O2/c1-12(2)11-10-6-4(5(7)13)8-3-9-6;2*6-1-3-8-5(11)10(9-12)4-2-7/h3H,1-2H3,(H2,7,13)(H,8,9);2*1-4H2,(H,8,11). The number of hydrogen-bond donors (Lipinski definition) is 4. The minimum atomic E-state index is -0.606. The first-order valence-corrected chi connectivity index (χ1v) is 12.2. The van der Waals surface area contributed by atoms with E-state index in [1.54, 1.807) is 14.1 Å². The molecule has 0 aliphatic carbocycles. The topological polar surface area (TPSA) is 223 Å². The van der Waals surface area contributed by atoms with Gasteiger partial charge in [-0.15, -0.1) is 61.3 Å². The number of imidazole rings is 1. The van der Waals surface area contributed by atoms with Gasteiger partial charge in [-0.25, -0.2) is 14.6 Å². The number of halogens is 4. The maximum absolute atomic E-state index is 10.9. The molecule has 1 heterocycles. The molecule has 21 heteroatoms. The number of alkyl halides is 4. The molecule has 0 aromatic carbocycles. The molecule has 0 unspecified atom stereocenters. The Balaban J connectivity index is 0. The van der Waals surface area contributed by atoms with Gasteiger partial charge in [-0.2, -0.15) is 10.0 Å². The Kier molecular flexibility index (Phi) is 22.8. The summed E-state index contributed by atoms with van der Waals surface area (Å²) in [6.07, 6.45) is 1.34. The zero-order chi connectivity index (χ0) is 28.6. The fraction of sp³-hybridized carbons (Fsp3) is 0.625. The van der Waals surface area contributed by atoms with Crippen LogP contribution in [0.2, 0.25) is 0 Å². The number of aromatic amines is 1. The highest BCUT2D eigenvalue weighted by atomic mass is 35.5. The van der Waals surface area contributed by atoms with Gasteiger partial charge >= 0.3 is 12.1 Å². The van der Waals surface area contributed by atoms with Crippen molar-refractivity contribution in [2.24, 2.45) is 26.6 Å². The van der Waals surface area contributed by atoms with E-state index in [-0.39, 0.29) is 36.4 Å². The van der Waals surface area contributed by atoms with Gasteiger partial charge in [-0.1, -0.05) is 5.22 Å². The van der Waals surface area contributed by atoms with E-state index >= 15 is 0 Å².